The number of phenolic OH excluding ortho intramolecular Hbond substituents is 1. The smallest absolute Gasteiger partial charge is 0.255 e. The largest absolute Gasteiger partial charge is 0.508 e. The molecule has 3 amide bonds. The van der Waals surface area contributed by atoms with E-state index in [1.54, 1.807) is 31.4 Å². The number of likely N-dealkylation sites (tertiary alicyclic amines) is 1. The van der Waals surface area contributed by atoms with Crippen molar-refractivity contribution in [3.8, 4) is 11.5 Å². The molecule has 4 rings (SSSR count). The molecule has 0 radical (unpaired) electrons. The van der Waals surface area contributed by atoms with Crippen LogP contribution in [0, 0.1) is 0 Å². The molecule has 1 atom stereocenters. The molecule has 2 heterocycles. The zero-order valence-corrected chi connectivity index (χ0v) is 15.4. The fourth-order valence-corrected chi connectivity index (χ4v) is 3.77. The SMILES string of the molecule is COc1ccc(CN2C(=O)CCC(N3Cc4cc(O)ccc4C3=O)C2=O)cc1. The molecule has 1 saturated heterocycles. The van der Waals surface area contributed by atoms with Gasteiger partial charge in [0.25, 0.3) is 11.8 Å². The Morgan fingerprint density at radius 3 is 2.57 bits per heavy atom. The normalized spacial score (nSPS) is 19.2. The number of benzene rings is 2. The minimum atomic E-state index is -0.682. The van der Waals surface area contributed by atoms with E-state index in [1.807, 2.05) is 12.1 Å². The van der Waals surface area contributed by atoms with Crippen LogP contribution >= 0.6 is 0 Å². The number of phenols is 1. The predicted octanol–water partition coefficient (Wildman–Crippen LogP) is 2.07. The molecule has 2 aliphatic heterocycles. The third-order valence-corrected chi connectivity index (χ3v) is 5.28. The summed E-state index contributed by atoms with van der Waals surface area (Å²) in [4.78, 5) is 40.9. The van der Waals surface area contributed by atoms with Gasteiger partial charge in [-0.3, -0.25) is 19.3 Å². The second-order valence-electron chi connectivity index (χ2n) is 7.00. The standard InChI is InChI=1S/C21H20N2O5/c1-28-16-5-2-13(3-6-16)11-23-19(25)9-8-18(21(23)27)22-12-14-10-15(24)4-7-17(14)20(22)26/h2-7,10,18,24H,8-9,11-12H2,1H3. The highest BCUT2D eigenvalue weighted by Gasteiger charge is 2.42. The summed E-state index contributed by atoms with van der Waals surface area (Å²) in [6.07, 6.45) is 0.514. The van der Waals surface area contributed by atoms with E-state index in [0.29, 0.717) is 23.3 Å². The second-order valence-corrected chi connectivity index (χ2v) is 7.00. The Balaban J connectivity index is 1.54. The van der Waals surface area contributed by atoms with Crippen LogP contribution in [0.25, 0.3) is 0 Å². The lowest BCUT2D eigenvalue weighted by atomic mass is 10.0. The molecule has 2 aromatic rings. The number of amides is 3. The zero-order chi connectivity index (χ0) is 19.8. The zero-order valence-electron chi connectivity index (χ0n) is 15.4. The Bertz CT molecular complexity index is 954. The first-order valence-corrected chi connectivity index (χ1v) is 9.08. The number of piperidine rings is 1. The number of nitrogens with zero attached hydrogens (tertiary/aromatic N) is 2. The van der Waals surface area contributed by atoms with Crippen molar-refractivity contribution in [2.75, 3.05) is 7.11 Å². The van der Waals surface area contributed by atoms with Crippen LogP contribution in [0.4, 0.5) is 0 Å². The highest BCUT2D eigenvalue weighted by Crippen LogP contribution is 2.31. The monoisotopic (exact) mass is 380 g/mol. The van der Waals surface area contributed by atoms with Gasteiger partial charge in [-0.05, 0) is 47.9 Å². The molecule has 1 fully saturated rings. The molecule has 0 saturated carbocycles. The number of ether oxygens (including phenoxy) is 1. The van der Waals surface area contributed by atoms with Crippen molar-refractivity contribution in [1.29, 1.82) is 0 Å². The van der Waals surface area contributed by atoms with Crippen LogP contribution in [-0.2, 0) is 22.7 Å². The summed E-state index contributed by atoms with van der Waals surface area (Å²) in [5.74, 6) is -0.0651. The molecule has 0 aromatic heterocycles. The lowest BCUT2D eigenvalue weighted by Gasteiger charge is -2.35. The third-order valence-electron chi connectivity index (χ3n) is 5.28. The van der Waals surface area contributed by atoms with E-state index < -0.39 is 6.04 Å². The molecular formula is C21H20N2O5. The average Bonchev–Trinajstić information content (AvgIpc) is 3.01. The Kier molecular flexibility index (Phi) is 4.50. The molecule has 7 nitrogen and oxygen atoms in total. The molecule has 2 aliphatic rings. The number of imide groups is 1. The summed E-state index contributed by atoms with van der Waals surface area (Å²) >= 11 is 0. The van der Waals surface area contributed by atoms with E-state index in [0.717, 1.165) is 5.56 Å². The van der Waals surface area contributed by atoms with Crippen LogP contribution in [0.3, 0.4) is 0 Å². The highest BCUT2D eigenvalue weighted by atomic mass is 16.5. The van der Waals surface area contributed by atoms with Crippen molar-refractivity contribution >= 4 is 17.7 Å². The number of aromatic hydroxyl groups is 1. The van der Waals surface area contributed by atoms with E-state index >= 15 is 0 Å². The number of carbonyl (C=O) groups is 3. The van der Waals surface area contributed by atoms with E-state index in [4.69, 9.17) is 4.74 Å². The van der Waals surface area contributed by atoms with Gasteiger partial charge in [0.1, 0.15) is 17.5 Å². The van der Waals surface area contributed by atoms with Crippen molar-refractivity contribution in [1.82, 2.24) is 9.80 Å². The summed E-state index contributed by atoms with van der Waals surface area (Å²) in [6.45, 7) is 0.414. The van der Waals surface area contributed by atoms with Crippen molar-refractivity contribution in [3.63, 3.8) is 0 Å². The Morgan fingerprint density at radius 2 is 1.86 bits per heavy atom. The summed E-state index contributed by atoms with van der Waals surface area (Å²) in [6, 6.07) is 11.1. The maximum atomic E-state index is 13.1. The molecular weight excluding hydrogens is 360 g/mol. The van der Waals surface area contributed by atoms with Gasteiger partial charge < -0.3 is 14.7 Å². The van der Waals surface area contributed by atoms with Crippen LogP contribution in [0.15, 0.2) is 42.5 Å². The van der Waals surface area contributed by atoms with Gasteiger partial charge in [-0.1, -0.05) is 12.1 Å². The molecule has 7 heteroatoms. The van der Waals surface area contributed by atoms with Gasteiger partial charge in [0.05, 0.1) is 13.7 Å². The molecule has 144 valence electrons. The maximum absolute atomic E-state index is 13.1. The third kappa shape index (κ3) is 3.09. The summed E-state index contributed by atoms with van der Waals surface area (Å²) in [5, 5.41) is 9.65. The Hall–Kier alpha value is -3.35. The van der Waals surface area contributed by atoms with E-state index in [9.17, 15) is 19.5 Å². The second kappa shape index (κ2) is 6.99. The highest BCUT2D eigenvalue weighted by molar-refractivity contribution is 6.05. The number of hydrogen-bond donors (Lipinski definition) is 1. The minimum Gasteiger partial charge on any atom is -0.508 e. The Labute approximate surface area is 162 Å². The molecule has 0 aliphatic carbocycles. The van der Waals surface area contributed by atoms with Crippen LogP contribution in [0.5, 0.6) is 11.5 Å². The first-order chi connectivity index (χ1) is 13.5. The summed E-state index contributed by atoms with van der Waals surface area (Å²) < 4.78 is 5.13. The predicted molar refractivity (Wildman–Crippen MR) is 99.6 cm³/mol. The van der Waals surface area contributed by atoms with Gasteiger partial charge in [-0.15, -0.1) is 0 Å². The van der Waals surface area contributed by atoms with Crippen molar-refractivity contribution in [3.05, 3.63) is 59.2 Å². The molecule has 2 aromatic carbocycles. The van der Waals surface area contributed by atoms with Gasteiger partial charge >= 0.3 is 0 Å². The minimum absolute atomic E-state index is 0.0830. The van der Waals surface area contributed by atoms with Gasteiger partial charge in [0, 0.05) is 18.5 Å². The molecule has 0 bridgehead atoms. The van der Waals surface area contributed by atoms with Gasteiger partial charge in [-0.25, -0.2) is 0 Å². The topological polar surface area (TPSA) is 87.2 Å². The number of rotatable bonds is 4. The first kappa shape index (κ1) is 18.0. The van der Waals surface area contributed by atoms with Crippen LogP contribution in [0.2, 0.25) is 0 Å². The number of hydrogen-bond acceptors (Lipinski definition) is 5. The van der Waals surface area contributed by atoms with Crippen molar-refractivity contribution in [2.24, 2.45) is 0 Å². The number of carbonyl (C=O) groups excluding carboxylic acids is 3. The first-order valence-electron chi connectivity index (χ1n) is 9.08. The van der Waals surface area contributed by atoms with Crippen molar-refractivity contribution in [2.45, 2.75) is 32.0 Å². The Morgan fingerprint density at radius 1 is 1.11 bits per heavy atom. The lowest BCUT2D eigenvalue weighted by molar-refractivity contribution is -0.153. The van der Waals surface area contributed by atoms with Gasteiger partial charge in [0.2, 0.25) is 5.91 Å². The van der Waals surface area contributed by atoms with Crippen LogP contribution in [0.1, 0.15) is 34.3 Å². The quantitative estimate of drug-likeness (QED) is 0.821. The molecule has 1 unspecified atom stereocenters. The number of methoxy groups -OCH3 is 1. The van der Waals surface area contributed by atoms with Crippen LogP contribution < -0.4 is 4.74 Å². The molecule has 0 spiro atoms. The lowest BCUT2D eigenvalue weighted by Crippen LogP contribution is -2.54. The fraction of sp³-hybridized carbons (Fsp3) is 0.286. The van der Waals surface area contributed by atoms with Gasteiger partial charge in [-0.2, -0.15) is 0 Å². The number of fused-ring (bicyclic) bond motifs is 1. The average molecular weight is 380 g/mol. The van der Waals surface area contributed by atoms with Crippen LogP contribution in [-0.4, -0.2) is 45.8 Å². The summed E-state index contributed by atoms with van der Waals surface area (Å²) in [7, 11) is 1.57. The van der Waals surface area contributed by atoms with E-state index in [1.165, 1.54) is 15.9 Å². The molecule has 1 N–H and O–H groups in total. The van der Waals surface area contributed by atoms with Gasteiger partial charge in [0.15, 0.2) is 0 Å². The summed E-state index contributed by atoms with van der Waals surface area (Å²) in [5.41, 5.74) is 1.99. The fourth-order valence-electron chi connectivity index (χ4n) is 3.77. The van der Waals surface area contributed by atoms with Crippen molar-refractivity contribution < 1.29 is 24.2 Å². The maximum Gasteiger partial charge on any atom is 0.255 e. The van der Waals surface area contributed by atoms with E-state index in [2.05, 4.69) is 0 Å². The van der Waals surface area contributed by atoms with E-state index in [-0.39, 0.29) is 43.0 Å². The molecule has 28 heavy (non-hydrogen) atoms.